The summed E-state index contributed by atoms with van der Waals surface area (Å²) >= 11 is 12.5. The smallest absolute Gasteiger partial charge is 0.267 e. The quantitative estimate of drug-likeness (QED) is 0.423. The summed E-state index contributed by atoms with van der Waals surface area (Å²) in [5.74, 6) is -2.76. The number of amides is 1. The number of halogens is 4. The van der Waals surface area contributed by atoms with Gasteiger partial charge in [-0.3, -0.25) is 4.79 Å². The molecule has 2 aromatic carbocycles. The van der Waals surface area contributed by atoms with Gasteiger partial charge in [0.05, 0.1) is 28.0 Å². The van der Waals surface area contributed by atoms with E-state index in [0.29, 0.717) is 22.0 Å². The Morgan fingerprint density at radius 3 is 2.44 bits per heavy atom. The van der Waals surface area contributed by atoms with Gasteiger partial charge >= 0.3 is 0 Å². The number of rotatable bonds is 4. The number of hydrogen-bond acceptors (Lipinski definition) is 5. The zero-order valence-electron chi connectivity index (χ0n) is 16.1. The van der Waals surface area contributed by atoms with Crippen molar-refractivity contribution in [1.82, 2.24) is 19.5 Å². The van der Waals surface area contributed by atoms with Crippen molar-refractivity contribution in [3.8, 4) is 16.8 Å². The van der Waals surface area contributed by atoms with Gasteiger partial charge in [-0.15, -0.1) is 0 Å². The molecule has 164 valence electrons. The van der Waals surface area contributed by atoms with E-state index in [4.69, 9.17) is 23.2 Å². The number of carbonyl (C=O) groups excluding carboxylic acids is 1. The third-order valence-corrected chi connectivity index (χ3v) is 5.62. The lowest BCUT2D eigenvalue weighted by Gasteiger charge is -2.10. The summed E-state index contributed by atoms with van der Waals surface area (Å²) in [7, 11) is -3.89. The highest BCUT2D eigenvalue weighted by atomic mass is 35.5. The molecule has 0 aliphatic rings. The largest absolute Gasteiger partial charge is 0.268 e. The van der Waals surface area contributed by atoms with E-state index in [9.17, 15) is 22.0 Å². The van der Waals surface area contributed by atoms with Crippen LogP contribution in [0.2, 0.25) is 10.2 Å². The van der Waals surface area contributed by atoms with E-state index in [1.165, 1.54) is 16.9 Å². The molecule has 1 N–H and O–H groups in total. The van der Waals surface area contributed by atoms with Crippen molar-refractivity contribution in [3.63, 3.8) is 0 Å². The molecule has 32 heavy (non-hydrogen) atoms. The number of aromatic nitrogens is 3. The molecule has 4 rings (SSSR count). The van der Waals surface area contributed by atoms with E-state index < -0.39 is 33.3 Å². The Kier molecular flexibility index (Phi) is 5.61. The second-order valence-electron chi connectivity index (χ2n) is 6.79. The molecule has 0 saturated heterocycles. The number of sulfonamides is 1. The van der Waals surface area contributed by atoms with Crippen LogP contribution in [0.25, 0.3) is 27.7 Å². The van der Waals surface area contributed by atoms with E-state index in [2.05, 4.69) is 10.1 Å². The fourth-order valence-electron chi connectivity index (χ4n) is 3.09. The topological polar surface area (TPSA) is 94.0 Å². The molecule has 0 aliphatic heterocycles. The van der Waals surface area contributed by atoms with Crippen LogP contribution in [-0.4, -0.2) is 35.3 Å². The summed E-state index contributed by atoms with van der Waals surface area (Å²) < 4.78 is 53.2. The Labute approximate surface area is 190 Å². The lowest BCUT2D eigenvalue weighted by molar-refractivity contribution is 0.0978. The van der Waals surface area contributed by atoms with E-state index >= 15 is 0 Å². The normalized spacial score (nSPS) is 11.7. The van der Waals surface area contributed by atoms with Crippen molar-refractivity contribution < 1.29 is 22.0 Å². The van der Waals surface area contributed by atoms with Crippen LogP contribution in [0.1, 0.15) is 10.4 Å². The highest BCUT2D eigenvalue weighted by molar-refractivity contribution is 7.89. The summed E-state index contributed by atoms with van der Waals surface area (Å²) in [5.41, 5.74) is 1.40. The van der Waals surface area contributed by atoms with Gasteiger partial charge < -0.3 is 0 Å². The van der Waals surface area contributed by atoms with E-state index in [0.717, 1.165) is 18.4 Å². The molecule has 0 unspecified atom stereocenters. The van der Waals surface area contributed by atoms with Crippen LogP contribution >= 0.6 is 23.2 Å². The molecule has 2 heterocycles. The number of carbonyl (C=O) groups is 1. The van der Waals surface area contributed by atoms with Gasteiger partial charge in [0.25, 0.3) is 5.91 Å². The van der Waals surface area contributed by atoms with Crippen molar-refractivity contribution in [2.75, 3.05) is 6.26 Å². The first-order chi connectivity index (χ1) is 15.0. The molecule has 2 aromatic heterocycles. The molecule has 0 aliphatic carbocycles. The van der Waals surface area contributed by atoms with Crippen molar-refractivity contribution in [3.05, 3.63) is 76.2 Å². The molecule has 0 fully saturated rings. The molecule has 0 saturated carbocycles. The fraction of sp³-hybridized carbons (Fsp3) is 0.0500. The highest BCUT2D eigenvalue weighted by Crippen LogP contribution is 2.33. The molecule has 0 spiro atoms. The minimum atomic E-state index is -3.89. The van der Waals surface area contributed by atoms with Crippen LogP contribution in [0.5, 0.6) is 0 Å². The van der Waals surface area contributed by atoms with E-state index in [1.807, 2.05) is 0 Å². The summed E-state index contributed by atoms with van der Waals surface area (Å²) in [6.07, 6.45) is 2.15. The fourth-order valence-corrected chi connectivity index (χ4v) is 4.00. The van der Waals surface area contributed by atoms with Crippen molar-refractivity contribution in [2.24, 2.45) is 0 Å². The van der Waals surface area contributed by atoms with Gasteiger partial charge in [0.1, 0.15) is 5.82 Å². The average molecular weight is 497 g/mol. The summed E-state index contributed by atoms with van der Waals surface area (Å²) in [6, 6.07) is 9.87. The van der Waals surface area contributed by atoms with Gasteiger partial charge in [-0.1, -0.05) is 29.3 Å². The van der Waals surface area contributed by atoms with Crippen molar-refractivity contribution in [2.45, 2.75) is 0 Å². The maximum Gasteiger partial charge on any atom is 0.267 e. The molecule has 12 heteroatoms. The third kappa shape index (κ3) is 4.29. The van der Waals surface area contributed by atoms with Gasteiger partial charge in [-0.2, -0.15) is 9.49 Å². The molecule has 4 aromatic rings. The number of pyridine rings is 1. The molecule has 7 nitrogen and oxygen atoms in total. The summed E-state index contributed by atoms with van der Waals surface area (Å²) in [4.78, 5) is 15.7. The highest BCUT2D eigenvalue weighted by Gasteiger charge is 2.21. The van der Waals surface area contributed by atoms with E-state index in [-0.39, 0.29) is 15.9 Å². The Morgan fingerprint density at radius 2 is 1.78 bits per heavy atom. The summed E-state index contributed by atoms with van der Waals surface area (Å²) in [6.45, 7) is 0. The van der Waals surface area contributed by atoms with Gasteiger partial charge in [0, 0.05) is 23.2 Å². The van der Waals surface area contributed by atoms with Crippen LogP contribution < -0.4 is 4.72 Å². The molecular formula is C20H12Cl2F2N4O3S. The van der Waals surface area contributed by atoms with Gasteiger partial charge in [0.2, 0.25) is 16.0 Å². The molecular weight excluding hydrogens is 485 g/mol. The maximum atomic E-state index is 14.6. The molecule has 0 radical (unpaired) electrons. The molecule has 0 atom stereocenters. The molecule has 1 amide bonds. The van der Waals surface area contributed by atoms with Gasteiger partial charge in [-0.05, 0) is 35.9 Å². The number of nitrogens with one attached hydrogen (secondary N) is 1. The van der Waals surface area contributed by atoms with E-state index in [1.54, 1.807) is 29.0 Å². The van der Waals surface area contributed by atoms with Crippen LogP contribution in [-0.2, 0) is 10.0 Å². The van der Waals surface area contributed by atoms with Gasteiger partial charge in [0.15, 0.2) is 5.15 Å². The first-order valence-corrected chi connectivity index (χ1v) is 11.5. The summed E-state index contributed by atoms with van der Waals surface area (Å²) in [5, 5.41) is 4.77. The van der Waals surface area contributed by atoms with Gasteiger partial charge in [-0.25, -0.2) is 27.2 Å². The molecule has 0 bridgehead atoms. The lowest BCUT2D eigenvalue weighted by atomic mass is 10.1. The lowest BCUT2D eigenvalue weighted by Crippen LogP contribution is -2.30. The predicted octanol–water partition coefficient (Wildman–Crippen LogP) is 4.36. The standard InChI is InChI=1S/C20H12Cl2F2N4O3S/c1-32(30,31)27-20(29)12-7-14(21)17(8-15(12)23)28-16-4-2-10(6-13(16)19(22)26-28)11-3-5-18(24)25-9-11/h2-9H,1H3,(H,27,29). The Morgan fingerprint density at radius 1 is 1.06 bits per heavy atom. The minimum absolute atomic E-state index is 0.0575. The predicted molar refractivity (Wildman–Crippen MR) is 117 cm³/mol. The number of hydrogen-bond donors (Lipinski definition) is 1. The number of benzene rings is 2. The minimum Gasteiger partial charge on any atom is -0.268 e. The average Bonchev–Trinajstić information content (AvgIpc) is 3.04. The zero-order valence-corrected chi connectivity index (χ0v) is 18.4. The van der Waals surface area contributed by atoms with Crippen LogP contribution in [0, 0.1) is 11.8 Å². The first kappa shape index (κ1) is 22.1. The van der Waals surface area contributed by atoms with Crippen molar-refractivity contribution >= 4 is 50.0 Å². The van der Waals surface area contributed by atoms with Crippen LogP contribution in [0.4, 0.5) is 8.78 Å². The van der Waals surface area contributed by atoms with Crippen LogP contribution in [0.3, 0.4) is 0 Å². The third-order valence-electron chi connectivity index (χ3n) is 4.48. The van der Waals surface area contributed by atoms with Crippen LogP contribution in [0.15, 0.2) is 48.7 Å². The second-order valence-corrected chi connectivity index (χ2v) is 9.30. The SMILES string of the molecule is CS(=O)(=O)NC(=O)c1cc(Cl)c(-n2nc(Cl)c3cc(-c4ccc(F)nc4)ccc32)cc1F. The Balaban J connectivity index is 1.79. The first-order valence-electron chi connectivity index (χ1n) is 8.85. The number of nitrogens with zero attached hydrogens (tertiary/aromatic N) is 3. The van der Waals surface area contributed by atoms with Crippen molar-refractivity contribution in [1.29, 1.82) is 0 Å². The maximum absolute atomic E-state index is 14.6. The Hall–Kier alpha value is -3.08. The Bertz CT molecular complexity index is 1490. The second kappa shape index (κ2) is 8.12. The zero-order chi connectivity index (χ0) is 23.2. The monoisotopic (exact) mass is 496 g/mol. The number of fused-ring (bicyclic) bond motifs is 1.